The van der Waals surface area contributed by atoms with Gasteiger partial charge in [0.25, 0.3) is 0 Å². The van der Waals surface area contributed by atoms with Crippen molar-refractivity contribution in [2.24, 2.45) is 0 Å². The molecule has 14 heteroatoms. The van der Waals surface area contributed by atoms with Crippen LogP contribution in [0.1, 0.15) is 6.92 Å². The Bertz CT molecular complexity index is 512. The normalized spacial score (nSPS) is 47.9. The van der Waals surface area contributed by atoms with Crippen molar-refractivity contribution in [1.82, 2.24) is 0 Å². The van der Waals surface area contributed by atoms with Gasteiger partial charge in [-0.1, -0.05) is 4.67 Å². The van der Waals surface area contributed by atoms with E-state index in [4.69, 9.17) is 10.2 Å². The molecule has 134 valence electrons. The predicted molar refractivity (Wildman–Crippen MR) is 62.5 cm³/mol. The largest absolute Gasteiger partial charge is 0.520 e. The topological polar surface area (TPSA) is 202 Å². The zero-order valence-corrected chi connectivity index (χ0v) is 12.4. The summed E-state index contributed by atoms with van der Waals surface area (Å²) in [6, 6.07) is 0. The summed E-state index contributed by atoms with van der Waals surface area (Å²) >= 11 is 0. The predicted octanol–water partition coefficient (Wildman–Crippen LogP) is -3.56. The SMILES string of the molecule is CC(O)C(=O)OOP1(=O)OC2(O[C@@](O)(CO)[C@@H](O)[C@H](O)[C@@H]2O)O1. The van der Waals surface area contributed by atoms with Crippen LogP contribution in [0.3, 0.4) is 0 Å². The lowest BCUT2D eigenvalue weighted by Crippen LogP contribution is -2.74. The quantitative estimate of drug-likeness (QED) is 0.163. The number of phosphoric ester groups is 1. The molecule has 2 rings (SSSR count). The number of carbonyl (C=O) groups excluding carboxylic acids is 1. The van der Waals surface area contributed by atoms with Crippen LogP contribution in [0, 0.1) is 0 Å². The van der Waals surface area contributed by atoms with Crippen molar-refractivity contribution in [2.45, 2.75) is 43.1 Å². The van der Waals surface area contributed by atoms with Crippen molar-refractivity contribution >= 4 is 13.8 Å². The van der Waals surface area contributed by atoms with Gasteiger partial charge in [0.15, 0.2) is 12.2 Å². The minimum Gasteiger partial charge on any atom is -0.391 e. The first kappa shape index (κ1) is 18.6. The Balaban J connectivity index is 2.07. The molecule has 0 radical (unpaired) electrons. The number of phosphoric acid groups is 1. The first-order chi connectivity index (χ1) is 10.5. The maximum Gasteiger partial charge on any atom is 0.520 e. The monoisotopic (exact) mass is 362 g/mol. The second-order valence-electron chi connectivity index (χ2n) is 4.87. The van der Waals surface area contributed by atoms with E-state index in [2.05, 4.69) is 23.3 Å². The Morgan fingerprint density at radius 2 is 1.87 bits per heavy atom. The van der Waals surface area contributed by atoms with E-state index >= 15 is 0 Å². The zero-order valence-electron chi connectivity index (χ0n) is 11.5. The van der Waals surface area contributed by atoms with Crippen LogP contribution in [0.4, 0.5) is 0 Å². The smallest absolute Gasteiger partial charge is 0.391 e. The van der Waals surface area contributed by atoms with Gasteiger partial charge >= 0.3 is 19.8 Å². The molecular weight excluding hydrogens is 347 g/mol. The number of carbonyl (C=O) groups is 1. The van der Waals surface area contributed by atoms with Gasteiger partial charge in [0, 0.05) is 0 Å². The Morgan fingerprint density at radius 3 is 2.35 bits per heavy atom. The molecule has 0 aromatic carbocycles. The fourth-order valence-corrected chi connectivity index (χ4v) is 2.94. The van der Waals surface area contributed by atoms with E-state index in [-0.39, 0.29) is 0 Å². The number of hydrogen-bond acceptors (Lipinski definition) is 13. The first-order valence-corrected chi connectivity index (χ1v) is 7.62. The number of aliphatic hydroxyl groups excluding tert-OH is 5. The zero-order chi connectivity index (χ0) is 17.6. The fraction of sp³-hybridized carbons (Fsp3) is 0.889. The highest BCUT2D eigenvalue weighted by molar-refractivity contribution is 7.49. The van der Waals surface area contributed by atoms with Crippen molar-refractivity contribution in [2.75, 3.05) is 6.61 Å². The third kappa shape index (κ3) is 3.14. The van der Waals surface area contributed by atoms with Crippen LogP contribution in [0.2, 0.25) is 0 Å². The minimum atomic E-state index is -4.60. The van der Waals surface area contributed by atoms with Crippen LogP contribution in [0.25, 0.3) is 0 Å². The highest BCUT2D eigenvalue weighted by Crippen LogP contribution is 2.68. The molecule has 2 fully saturated rings. The molecular formula is C9H15O13P. The number of aliphatic hydroxyl groups is 6. The summed E-state index contributed by atoms with van der Waals surface area (Å²) in [6.45, 7) is -0.215. The maximum atomic E-state index is 11.8. The van der Waals surface area contributed by atoms with Gasteiger partial charge in [0.05, 0.1) is 0 Å². The molecule has 2 heterocycles. The molecule has 0 aromatic rings. The van der Waals surface area contributed by atoms with Crippen LogP contribution < -0.4 is 0 Å². The van der Waals surface area contributed by atoms with Crippen molar-refractivity contribution in [3.63, 3.8) is 0 Å². The Kier molecular flexibility index (Phi) is 4.85. The van der Waals surface area contributed by atoms with E-state index in [9.17, 15) is 29.8 Å². The van der Waals surface area contributed by atoms with Gasteiger partial charge < -0.3 is 30.6 Å². The average molecular weight is 362 g/mol. The van der Waals surface area contributed by atoms with E-state index in [1.54, 1.807) is 0 Å². The van der Waals surface area contributed by atoms with E-state index in [0.717, 1.165) is 6.92 Å². The lowest BCUT2D eigenvalue weighted by molar-refractivity contribution is -0.511. The van der Waals surface area contributed by atoms with Crippen LogP contribution in [-0.2, 0) is 32.7 Å². The third-order valence-electron chi connectivity index (χ3n) is 3.05. The summed E-state index contributed by atoms with van der Waals surface area (Å²) in [7, 11) is -4.60. The van der Waals surface area contributed by atoms with Gasteiger partial charge in [-0.3, -0.25) is 9.62 Å². The van der Waals surface area contributed by atoms with E-state index in [1.807, 2.05) is 0 Å². The van der Waals surface area contributed by atoms with Crippen molar-refractivity contribution < 1.29 is 63.3 Å². The van der Waals surface area contributed by atoms with Crippen LogP contribution >= 0.6 is 7.82 Å². The number of ether oxygens (including phenoxy) is 1. The molecule has 6 N–H and O–H groups in total. The van der Waals surface area contributed by atoms with E-state index < -0.39 is 56.6 Å². The number of rotatable bonds is 4. The highest BCUT2D eigenvalue weighted by Gasteiger charge is 2.73. The summed E-state index contributed by atoms with van der Waals surface area (Å²) < 4.78 is 29.6. The molecule has 5 atom stereocenters. The second kappa shape index (κ2) is 5.98. The molecule has 0 aliphatic carbocycles. The lowest BCUT2D eigenvalue weighted by atomic mass is 9.95. The maximum absolute atomic E-state index is 11.8. The molecule has 23 heavy (non-hydrogen) atoms. The van der Waals surface area contributed by atoms with Gasteiger partial charge in [-0.2, -0.15) is 0 Å². The summed E-state index contributed by atoms with van der Waals surface area (Å²) in [5.41, 5.74) is 0. The van der Waals surface area contributed by atoms with E-state index in [1.165, 1.54) is 0 Å². The molecule has 1 unspecified atom stereocenters. The Labute approximate surface area is 128 Å². The fourth-order valence-electron chi connectivity index (χ4n) is 1.79. The molecule has 2 aliphatic rings. The van der Waals surface area contributed by atoms with Crippen molar-refractivity contribution in [1.29, 1.82) is 0 Å². The van der Waals surface area contributed by atoms with E-state index in [0.29, 0.717) is 0 Å². The molecule has 0 saturated carbocycles. The minimum absolute atomic E-state index is 1.03. The number of hydrogen-bond donors (Lipinski definition) is 6. The van der Waals surface area contributed by atoms with Gasteiger partial charge in [0.2, 0.25) is 5.79 Å². The van der Waals surface area contributed by atoms with Gasteiger partial charge in [-0.25, -0.2) is 18.4 Å². The molecule has 0 aromatic heterocycles. The summed E-state index contributed by atoms with van der Waals surface area (Å²) in [5, 5.41) is 56.5. The standard InChI is InChI=1S/C9H15O13P/c1-3(11)7(15)18-22-23(17)20-9(21-23)6(14)4(12)5(13)8(16,2-10)19-9/h3-6,10-14,16H,2H2,1H3/t3?,4-,5-,6-,8-,9?,23?/m0/s1. The average Bonchev–Trinajstić information content (AvgIpc) is 2.46. The van der Waals surface area contributed by atoms with Crippen molar-refractivity contribution in [3.05, 3.63) is 0 Å². The highest BCUT2D eigenvalue weighted by atomic mass is 31.2. The van der Waals surface area contributed by atoms with Gasteiger partial charge in [0.1, 0.15) is 18.8 Å². The van der Waals surface area contributed by atoms with Gasteiger partial charge in [-0.05, 0) is 6.92 Å². The molecule has 2 aliphatic heterocycles. The third-order valence-corrected chi connectivity index (χ3v) is 4.26. The van der Waals surface area contributed by atoms with Crippen LogP contribution in [0.5, 0.6) is 0 Å². The summed E-state index contributed by atoms with van der Waals surface area (Å²) in [5.74, 6) is -6.89. The second-order valence-corrected chi connectivity index (χ2v) is 6.28. The molecule has 0 amide bonds. The lowest BCUT2D eigenvalue weighted by Gasteiger charge is -2.54. The van der Waals surface area contributed by atoms with Crippen molar-refractivity contribution in [3.8, 4) is 0 Å². The molecule has 13 nitrogen and oxygen atoms in total. The summed E-state index contributed by atoms with van der Waals surface area (Å²) in [6.07, 6.45) is -8.03. The Morgan fingerprint density at radius 1 is 1.30 bits per heavy atom. The van der Waals surface area contributed by atoms with Gasteiger partial charge in [-0.15, -0.1) is 0 Å². The van der Waals surface area contributed by atoms with Crippen LogP contribution in [0.15, 0.2) is 0 Å². The molecule has 0 bridgehead atoms. The molecule has 2 saturated heterocycles. The first-order valence-electron chi connectivity index (χ1n) is 6.16. The summed E-state index contributed by atoms with van der Waals surface area (Å²) in [4.78, 5) is 14.9. The molecule has 1 spiro atoms. The van der Waals surface area contributed by atoms with Crippen LogP contribution in [-0.4, -0.2) is 79.4 Å². The Hall–Kier alpha value is -0.700.